The molecule has 0 saturated carbocycles. The molecule has 0 aliphatic carbocycles. The zero-order valence-electron chi connectivity index (χ0n) is 13.6. The van der Waals surface area contributed by atoms with Gasteiger partial charge in [-0.1, -0.05) is 13.8 Å². The molecule has 6 nitrogen and oxygen atoms in total. The second kappa shape index (κ2) is 5.26. The lowest BCUT2D eigenvalue weighted by Gasteiger charge is -2.38. The minimum absolute atomic E-state index is 0.00638. The third kappa shape index (κ3) is 3.37. The van der Waals surface area contributed by atoms with Gasteiger partial charge in [0, 0.05) is 17.8 Å². The number of carbonyl (C=O) groups excluding carboxylic acids is 1. The van der Waals surface area contributed by atoms with Gasteiger partial charge in [0.15, 0.2) is 0 Å². The molecule has 6 heteroatoms. The molecule has 0 saturated heterocycles. The van der Waals surface area contributed by atoms with E-state index in [2.05, 4.69) is 5.32 Å². The first-order valence-corrected chi connectivity index (χ1v) is 7.28. The number of nitro benzene ring substituents is 1. The lowest BCUT2D eigenvalue weighted by molar-refractivity contribution is -0.384. The zero-order valence-corrected chi connectivity index (χ0v) is 13.6. The number of non-ortho nitro benzene ring substituents is 1. The molecule has 0 bridgehead atoms. The summed E-state index contributed by atoms with van der Waals surface area (Å²) in [5.41, 5.74) is 0.773. The van der Waals surface area contributed by atoms with E-state index in [9.17, 15) is 14.9 Å². The summed E-state index contributed by atoms with van der Waals surface area (Å²) in [6, 6.07) is 4.22. The standard InChI is InChI=1S/C16H22N2O4/c1-15(2,3)22-14(19)13-9-16(4,5)11-7-6-10(18(20)21)8-12(11)17-13/h6-8,13,17H,9H2,1-5H3. The summed E-state index contributed by atoms with van der Waals surface area (Å²) in [7, 11) is 0. The molecule has 2 rings (SSSR count). The van der Waals surface area contributed by atoms with Gasteiger partial charge in [-0.05, 0) is 44.2 Å². The highest BCUT2D eigenvalue weighted by Crippen LogP contribution is 2.40. The quantitative estimate of drug-likeness (QED) is 0.514. The van der Waals surface area contributed by atoms with Gasteiger partial charge in [0.2, 0.25) is 0 Å². The second-order valence-corrected chi connectivity index (χ2v) is 7.31. The van der Waals surface area contributed by atoms with E-state index in [4.69, 9.17) is 4.74 Å². The number of carbonyl (C=O) groups is 1. The van der Waals surface area contributed by atoms with Crippen LogP contribution in [0.25, 0.3) is 0 Å². The van der Waals surface area contributed by atoms with Crippen LogP contribution in [0, 0.1) is 10.1 Å². The molecule has 0 amide bonds. The number of hydrogen-bond acceptors (Lipinski definition) is 5. The highest BCUT2D eigenvalue weighted by atomic mass is 16.6. The van der Waals surface area contributed by atoms with Crippen LogP contribution in [0.1, 0.15) is 46.6 Å². The van der Waals surface area contributed by atoms with Crippen molar-refractivity contribution in [2.24, 2.45) is 0 Å². The van der Waals surface area contributed by atoms with Gasteiger partial charge in [-0.2, -0.15) is 0 Å². The molecule has 1 heterocycles. The van der Waals surface area contributed by atoms with Crippen molar-refractivity contribution in [1.82, 2.24) is 0 Å². The van der Waals surface area contributed by atoms with Crippen molar-refractivity contribution in [3.63, 3.8) is 0 Å². The average molecular weight is 306 g/mol. The summed E-state index contributed by atoms with van der Waals surface area (Å²) in [6.07, 6.45) is 0.576. The maximum Gasteiger partial charge on any atom is 0.329 e. The van der Waals surface area contributed by atoms with Crippen LogP contribution >= 0.6 is 0 Å². The fourth-order valence-corrected chi connectivity index (χ4v) is 2.73. The van der Waals surface area contributed by atoms with Crippen LogP contribution in [0.3, 0.4) is 0 Å². The van der Waals surface area contributed by atoms with Crippen molar-refractivity contribution >= 4 is 17.3 Å². The number of esters is 1. The normalized spacial score (nSPS) is 19.8. The number of benzene rings is 1. The Balaban J connectivity index is 2.33. The average Bonchev–Trinajstić information content (AvgIpc) is 2.35. The Morgan fingerprint density at radius 1 is 1.41 bits per heavy atom. The van der Waals surface area contributed by atoms with Crippen molar-refractivity contribution in [2.45, 2.75) is 58.1 Å². The summed E-state index contributed by atoms with van der Waals surface area (Å²) >= 11 is 0. The summed E-state index contributed by atoms with van der Waals surface area (Å²) in [4.78, 5) is 22.8. The van der Waals surface area contributed by atoms with Gasteiger partial charge in [0.05, 0.1) is 4.92 Å². The fraction of sp³-hybridized carbons (Fsp3) is 0.562. The minimum atomic E-state index is -0.564. The zero-order chi connectivity index (χ0) is 16.7. The van der Waals surface area contributed by atoms with Crippen molar-refractivity contribution in [1.29, 1.82) is 0 Å². The molecular weight excluding hydrogens is 284 g/mol. The molecule has 120 valence electrons. The Hall–Kier alpha value is -2.11. The van der Waals surface area contributed by atoms with Crippen molar-refractivity contribution in [3.8, 4) is 0 Å². The van der Waals surface area contributed by atoms with E-state index in [-0.39, 0.29) is 17.1 Å². The second-order valence-electron chi connectivity index (χ2n) is 7.31. The summed E-state index contributed by atoms with van der Waals surface area (Å²) in [5.74, 6) is -0.335. The van der Waals surface area contributed by atoms with Gasteiger partial charge in [-0.25, -0.2) is 4.79 Å². The maximum absolute atomic E-state index is 12.3. The topological polar surface area (TPSA) is 81.5 Å². The van der Waals surface area contributed by atoms with Gasteiger partial charge in [-0.3, -0.25) is 10.1 Å². The molecule has 1 N–H and O–H groups in total. The predicted molar refractivity (Wildman–Crippen MR) is 84.0 cm³/mol. The number of hydrogen-bond donors (Lipinski definition) is 1. The SMILES string of the molecule is CC(C)(C)OC(=O)C1CC(C)(C)c2ccc([N+](=O)[O-])cc2N1. The van der Waals surface area contributed by atoms with E-state index in [1.165, 1.54) is 12.1 Å². The summed E-state index contributed by atoms with van der Waals surface area (Å²) in [6.45, 7) is 9.50. The number of anilines is 1. The molecule has 1 aliphatic heterocycles. The van der Waals surface area contributed by atoms with Crippen LogP contribution in [0.2, 0.25) is 0 Å². The number of nitrogens with one attached hydrogen (secondary N) is 1. The third-order valence-electron chi connectivity index (χ3n) is 3.68. The molecule has 1 aromatic carbocycles. The molecule has 1 unspecified atom stereocenters. The Bertz CT molecular complexity index is 617. The van der Waals surface area contributed by atoms with Crippen LogP contribution in [0.4, 0.5) is 11.4 Å². The van der Waals surface area contributed by atoms with Crippen molar-refractivity contribution in [3.05, 3.63) is 33.9 Å². The monoisotopic (exact) mass is 306 g/mol. The Kier molecular flexibility index (Phi) is 3.89. The molecule has 0 fully saturated rings. The highest BCUT2D eigenvalue weighted by Gasteiger charge is 2.38. The van der Waals surface area contributed by atoms with Gasteiger partial charge < -0.3 is 10.1 Å². The molecular formula is C16H22N2O4. The summed E-state index contributed by atoms with van der Waals surface area (Å²) in [5, 5.41) is 14.0. The molecule has 1 aromatic rings. The first kappa shape index (κ1) is 16.3. The fourth-order valence-electron chi connectivity index (χ4n) is 2.73. The van der Waals surface area contributed by atoms with E-state index in [1.54, 1.807) is 6.07 Å². The van der Waals surface area contributed by atoms with Gasteiger partial charge in [0.1, 0.15) is 11.6 Å². The number of nitrogens with zero attached hydrogens (tertiary/aromatic N) is 1. The predicted octanol–water partition coefficient (Wildman–Crippen LogP) is 3.40. The van der Waals surface area contributed by atoms with Crippen LogP contribution in [-0.2, 0) is 14.9 Å². The van der Waals surface area contributed by atoms with Gasteiger partial charge in [0.25, 0.3) is 5.69 Å². The molecule has 0 aromatic heterocycles. The van der Waals surface area contributed by atoms with E-state index in [0.717, 1.165) is 5.56 Å². The number of ether oxygens (including phenoxy) is 1. The minimum Gasteiger partial charge on any atom is -0.458 e. The third-order valence-corrected chi connectivity index (χ3v) is 3.68. The first-order chi connectivity index (χ1) is 9.99. The largest absolute Gasteiger partial charge is 0.458 e. The number of nitro groups is 1. The Morgan fingerprint density at radius 3 is 2.59 bits per heavy atom. The van der Waals surface area contributed by atoms with Crippen LogP contribution in [-0.4, -0.2) is 22.5 Å². The molecule has 0 radical (unpaired) electrons. The van der Waals surface area contributed by atoms with E-state index < -0.39 is 16.6 Å². The lowest BCUT2D eigenvalue weighted by atomic mass is 9.75. The molecule has 1 atom stereocenters. The first-order valence-electron chi connectivity index (χ1n) is 7.28. The van der Waals surface area contributed by atoms with Crippen molar-refractivity contribution in [2.75, 3.05) is 5.32 Å². The van der Waals surface area contributed by atoms with Crippen LogP contribution in [0.5, 0.6) is 0 Å². The van der Waals surface area contributed by atoms with Crippen molar-refractivity contribution < 1.29 is 14.5 Å². The Morgan fingerprint density at radius 2 is 2.05 bits per heavy atom. The van der Waals surface area contributed by atoms with E-state index in [0.29, 0.717) is 12.1 Å². The van der Waals surface area contributed by atoms with Crippen LogP contribution in [0.15, 0.2) is 18.2 Å². The molecule has 22 heavy (non-hydrogen) atoms. The smallest absolute Gasteiger partial charge is 0.329 e. The van der Waals surface area contributed by atoms with Gasteiger partial charge >= 0.3 is 5.97 Å². The van der Waals surface area contributed by atoms with Gasteiger partial charge in [-0.15, -0.1) is 0 Å². The highest BCUT2D eigenvalue weighted by molar-refractivity contribution is 5.82. The Labute approximate surface area is 130 Å². The molecule has 1 aliphatic rings. The maximum atomic E-state index is 12.3. The number of rotatable bonds is 2. The lowest BCUT2D eigenvalue weighted by Crippen LogP contribution is -2.44. The van der Waals surface area contributed by atoms with E-state index >= 15 is 0 Å². The van der Waals surface area contributed by atoms with E-state index in [1.807, 2.05) is 34.6 Å². The molecule has 0 spiro atoms. The van der Waals surface area contributed by atoms with Crippen LogP contribution < -0.4 is 5.32 Å². The number of fused-ring (bicyclic) bond motifs is 1. The summed E-state index contributed by atoms with van der Waals surface area (Å²) < 4.78 is 5.43.